The van der Waals surface area contributed by atoms with Crippen molar-refractivity contribution in [2.24, 2.45) is 0 Å². The lowest BCUT2D eigenvalue weighted by Crippen LogP contribution is -2.47. The predicted molar refractivity (Wildman–Crippen MR) is 121 cm³/mol. The second-order valence-corrected chi connectivity index (χ2v) is 10.3. The quantitative estimate of drug-likeness (QED) is 0.787. The minimum Gasteiger partial charge on any atom is -0.382 e. The van der Waals surface area contributed by atoms with Crippen molar-refractivity contribution in [3.05, 3.63) is 48.2 Å². The van der Waals surface area contributed by atoms with Gasteiger partial charge in [0.1, 0.15) is 10.7 Å². The third kappa shape index (κ3) is 4.77. The Morgan fingerprint density at radius 3 is 2.37 bits per heavy atom. The summed E-state index contributed by atoms with van der Waals surface area (Å²) >= 11 is 0. The molecule has 0 aliphatic carbocycles. The van der Waals surface area contributed by atoms with Crippen LogP contribution < -0.4 is 10.2 Å². The number of likely N-dealkylation sites (N-methyl/N-ethyl adjacent to an activating group) is 1. The van der Waals surface area contributed by atoms with E-state index >= 15 is 0 Å². The van der Waals surface area contributed by atoms with Crippen LogP contribution in [0.4, 0.5) is 11.5 Å². The molecule has 2 saturated heterocycles. The van der Waals surface area contributed by atoms with E-state index in [1.807, 2.05) is 13.1 Å². The van der Waals surface area contributed by atoms with Gasteiger partial charge in [-0.25, -0.2) is 13.4 Å². The second kappa shape index (κ2) is 8.91. The average molecular weight is 430 g/mol. The standard InChI is InChI=1S/C22H31N5O2S/c1-18-4-3-5-20(16-18)24-19-8-10-26(11-9-19)22-7-6-21(17-23-22)30(28,29)27-14-12-25(2)13-15-27/h3-7,16-17,19,24H,8-15H2,1-2H3. The van der Waals surface area contributed by atoms with Crippen molar-refractivity contribution in [2.75, 3.05) is 56.5 Å². The molecule has 7 nitrogen and oxygen atoms in total. The van der Waals surface area contributed by atoms with Crippen molar-refractivity contribution >= 4 is 21.5 Å². The largest absolute Gasteiger partial charge is 0.382 e. The molecule has 1 N–H and O–H groups in total. The molecule has 8 heteroatoms. The Hall–Kier alpha value is -2.16. The number of sulfonamides is 1. The normalized spacial score (nSPS) is 19.7. The smallest absolute Gasteiger partial charge is 0.244 e. The number of hydrogen-bond acceptors (Lipinski definition) is 6. The molecule has 0 unspecified atom stereocenters. The van der Waals surface area contributed by atoms with Crippen LogP contribution >= 0.6 is 0 Å². The van der Waals surface area contributed by atoms with Crippen LogP contribution in [0.2, 0.25) is 0 Å². The third-order valence-electron chi connectivity index (χ3n) is 6.03. The maximum absolute atomic E-state index is 12.9. The van der Waals surface area contributed by atoms with Crippen molar-refractivity contribution in [1.82, 2.24) is 14.2 Å². The molecule has 162 valence electrons. The van der Waals surface area contributed by atoms with Gasteiger partial charge in [-0.2, -0.15) is 4.31 Å². The number of pyridine rings is 1. The molecule has 2 fully saturated rings. The van der Waals surface area contributed by atoms with E-state index in [1.165, 1.54) is 17.4 Å². The zero-order chi connectivity index (χ0) is 21.1. The number of nitrogens with zero attached hydrogens (tertiary/aromatic N) is 4. The summed E-state index contributed by atoms with van der Waals surface area (Å²) in [6.07, 6.45) is 3.56. The first-order chi connectivity index (χ1) is 14.4. The minimum atomic E-state index is -3.46. The molecule has 2 aromatic rings. The summed E-state index contributed by atoms with van der Waals surface area (Å²) in [6, 6.07) is 12.5. The number of piperidine rings is 1. The Labute approximate surface area is 179 Å². The average Bonchev–Trinajstić information content (AvgIpc) is 2.75. The van der Waals surface area contributed by atoms with Gasteiger partial charge in [0.05, 0.1) is 0 Å². The predicted octanol–water partition coefficient (Wildman–Crippen LogP) is 2.41. The number of rotatable bonds is 5. The highest BCUT2D eigenvalue weighted by molar-refractivity contribution is 7.89. The van der Waals surface area contributed by atoms with Gasteiger partial charge in [0.25, 0.3) is 0 Å². The van der Waals surface area contributed by atoms with Gasteiger partial charge >= 0.3 is 0 Å². The topological polar surface area (TPSA) is 68.8 Å². The molecular weight excluding hydrogens is 398 g/mol. The van der Waals surface area contributed by atoms with E-state index in [4.69, 9.17) is 0 Å². The third-order valence-corrected chi connectivity index (χ3v) is 7.91. The molecule has 0 saturated carbocycles. The molecule has 4 rings (SSSR count). The van der Waals surface area contributed by atoms with Gasteiger partial charge in [0, 0.05) is 57.2 Å². The molecule has 0 bridgehead atoms. The van der Waals surface area contributed by atoms with Crippen LogP contribution in [0, 0.1) is 6.92 Å². The fraction of sp³-hybridized carbons (Fsp3) is 0.500. The number of piperazine rings is 1. The van der Waals surface area contributed by atoms with Crippen LogP contribution in [0.25, 0.3) is 0 Å². The summed E-state index contributed by atoms with van der Waals surface area (Å²) in [4.78, 5) is 9.15. The first kappa shape index (κ1) is 21.1. The number of anilines is 2. The van der Waals surface area contributed by atoms with E-state index in [2.05, 4.69) is 51.3 Å². The molecular formula is C22H31N5O2S. The molecule has 0 radical (unpaired) electrons. The fourth-order valence-corrected chi connectivity index (χ4v) is 5.48. The van der Waals surface area contributed by atoms with Gasteiger partial charge < -0.3 is 15.1 Å². The minimum absolute atomic E-state index is 0.284. The second-order valence-electron chi connectivity index (χ2n) is 8.33. The molecule has 0 spiro atoms. The maximum Gasteiger partial charge on any atom is 0.244 e. The molecule has 0 amide bonds. The van der Waals surface area contributed by atoms with Crippen LogP contribution in [0.15, 0.2) is 47.5 Å². The Morgan fingerprint density at radius 2 is 1.73 bits per heavy atom. The molecule has 30 heavy (non-hydrogen) atoms. The zero-order valence-corrected chi connectivity index (χ0v) is 18.6. The number of benzene rings is 1. The lowest BCUT2D eigenvalue weighted by molar-refractivity contribution is 0.222. The Bertz CT molecular complexity index is 948. The summed E-state index contributed by atoms with van der Waals surface area (Å²) in [7, 11) is -1.45. The number of nitrogens with one attached hydrogen (secondary N) is 1. The van der Waals surface area contributed by atoms with E-state index in [9.17, 15) is 8.42 Å². The molecule has 3 heterocycles. The number of hydrogen-bond donors (Lipinski definition) is 1. The van der Waals surface area contributed by atoms with Crippen LogP contribution in [0.3, 0.4) is 0 Å². The first-order valence-corrected chi connectivity index (χ1v) is 12.1. The summed E-state index contributed by atoms with van der Waals surface area (Å²) in [5, 5.41) is 3.63. The molecule has 0 atom stereocenters. The van der Waals surface area contributed by atoms with E-state index in [0.717, 1.165) is 44.8 Å². The summed E-state index contributed by atoms with van der Waals surface area (Å²) in [5.41, 5.74) is 2.43. The van der Waals surface area contributed by atoms with Gasteiger partial charge in [-0.1, -0.05) is 12.1 Å². The SMILES string of the molecule is Cc1cccc(NC2CCN(c3ccc(S(=O)(=O)N4CCN(C)CC4)cn3)CC2)c1. The monoisotopic (exact) mass is 429 g/mol. The Kier molecular flexibility index (Phi) is 6.26. The van der Waals surface area contributed by atoms with Crippen molar-refractivity contribution in [3.8, 4) is 0 Å². The lowest BCUT2D eigenvalue weighted by Gasteiger charge is -2.34. The Balaban J connectivity index is 1.35. The lowest BCUT2D eigenvalue weighted by atomic mass is 10.0. The maximum atomic E-state index is 12.9. The highest BCUT2D eigenvalue weighted by Crippen LogP contribution is 2.23. The van der Waals surface area contributed by atoms with Crippen molar-refractivity contribution in [3.63, 3.8) is 0 Å². The van der Waals surface area contributed by atoms with E-state index < -0.39 is 10.0 Å². The van der Waals surface area contributed by atoms with Gasteiger partial charge in [0.2, 0.25) is 10.0 Å². The van der Waals surface area contributed by atoms with Crippen LogP contribution in [-0.2, 0) is 10.0 Å². The molecule has 2 aliphatic heterocycles. The summed E-state index contributed by atoms with van der Waals surface area (Å²) in [5.74, 6) is 0.848. The number of aryl methyl sites for hydroxylation is 1. The number of aromatic nitrogens is 1. The van der Waals surface area contributed by atoms with Crippen molar-refractivity contribution in [2.45, 2.75) is 30.7 Å². The van der Waals surface area contributed by atoms with Gasteiger partial charge in [0.15, 0.2) is 0 Å². The van der Waals surface area contributed by atoms with E-state index in [-0.39, 0.29) is 4.90 Å². The van der Waals surface area contributed by atoms with Crippen LogP contribution in [0.5, 0.6) is 0 Å². The van der Waals surface area contributed by atoms with Crippen LogP contribution in [0.1, 0.15) is 18.4 Å². The van der Waals surface area contributed by atoms with Gasteiger partial charge in [-0.05, 0) is 56.6 Å². The van der Waals surface area contributed by atoms with Crippen molar-refractivity contribution in [1.29, 1.82) is 0 Å². The molecule has 1 aromatic carbocycles. The van der Waals surface area contributed by atoms with Gasteiger partial charge in [-0.3, -0.25) is 0 Å². The summed E-state index contributed by atoms with van der Waals surface area (Å²) in [6.45, 7) is 6.49. The van der Waals surface area contributed by atoms with Crippen LogP contribution in [-0.4, -0.2) is 75.0 Å². The van der Waals surface area contributed by atoms with E-state index in [0.29, 0.717) is 19.1 Å². The van der Waals surface area contributed by atoms with Gasteiger partial charge in [-0.15, -0.1) is 0 Å². The van der Waals surface area contributed by atoms with Crippen molar-refractivity contribution < 1.29 is 8.42 Å². The highest BCUT2D eigenvalue weighted by Gasteiger charge is 2.28. The molecule has 2 aliphatic rings. The first-order valence-electron chi connectivity index (χ1n) is 10.6. The zero-order valence-electron chi connectivity index (χ0n) is 17.8. The van der Waals surface area contributed by atoms with E-state index in [1.54, 1.807) is 10.4 Å². The summed E-state index contributed by atoms with van der Waals surface area (Å²) < 4.78 is 27.3. The Morgan fingerprint density at radius 1 is 1.00 bits per heavy atom. The fourth-order valence-electron chi connectivity index (χ4n) is 4.11. The highest BCUT2D eigenvalue weighted by atomic mass is 32.2. The molecule has 1 aromatic heterocycles.